The Labute approximate surface area is 166 Å². The second-order valence-corrected chi connectivity index (χ2v) is 7.10. The molecule has 5 heteroatoms. The van der Waals surface area contributed by atoms with Crippen LogP contribution in [0.5, 0.6) is 0 Å². The second-order valence-electron chi connectivity index (χ2n) is 7.10. The van der Waals surface area contributed by atoms with Gasteiger partial charge >= 0.3 is 0 Å². The van der Waals surface area contributed by atoms with Crippen molar-refractivity contribution in [1.82, 2.24) is 14.8 Å². The minimum atomic E-state index is -0.00152. The van der Waals surface area contributed by atoms with Crippen molar-refractivity contribution in [3.05, 3.63) is 71.9 Å². The van der Waals surface area contributed by atoms with Crippen LogP contribution in [0.4, 0.5) is 0 Å². The number of benzene rings is 2. The van der Waals surface area contributed by atoms with Crippen LogP contribution in [0.2, 0.25) is 0 Å². The summed E-state index contributed by atoms with van der Waals surface area (Å²) in [6.45, 7) is 3.19. The first-order chi connectivity index (χ1) is 13.5. The normalized spacial score (nSPS) is 10.8. The molecule has 0 radical (unpaired) electrons. The van der Waals surface area contributed by atoms with Gasteiger partial charge in [0.25, 0.3) is 0 Å². The molecule has 28 heavy (non-hydrogen) atoms. The number of aromatic nitrogens is 1. The van der Waals surface area contributed by atoms with Crippen LogP contribution in [-0.2, 0) is 22.6 Å². The van der Waals surface area contributed by atoms with Crippen LogP contribution in [0.15, 0.2) is 60.8 Å². The molecule has 0 aliphatic rings. The zero-order valence-electron chi connectivity index (χ0n) is 16.5. The van der Waals surface area contributed by atoms with Crippen LogP contribution in [0.3, 0.4) is 0 Å². The number of nitrogens with one attached hydrogen (secondary N) is 1. The van der Waals surface area contributed by atoms with E-state index >= 15 is 0 Å². The molecule has 0 saturated heterocycles. The minimum absolute atomic E-state index is 0.00152. The predicted molar refractivity (Wildman–Crippen MR) is 112 cm³/mol. The summed E-state index contributed by atoms with van der Waals surface area (Å²) in [6.07, 6.45) is 3.09. The zero-order chi connectivity index (χ0) is 19.9. The van der Waals surface area contributed by atoms with E-state index in [9.17, 15) is 9.59 Å². The lowest BCUT2D eigenvalue weighted by Gasteiger charge is -2.23. The van der Waals surface area contributed by atoms with Gasteiger partial charge in [-0.2, -0.15) is 0 Å². The van der Waals surface area contributed by atoms with E-state index in [1.165, 1.54) is 10.9 Å². The smallest absolute Gasteiger partial charge is 0.224 e. The van der Waals surface area contributed by atoms with Crippen molar-refractivity contribution in [3.63, 3.8) is 0 Å². The van der Waals surface area contributed by atoms with Gasteiger partial charge in [-0.25, -0.2) is 0 Å². The third-order valence-corrected chi connectivity index (χ3v) is 5.06. The Morgan fingerprint density at radius 3 is 2.43 bits per heavy atom. The molecule has 0 saturated carbocycles. The molecule has 0 spiro atoms. The molecule has 146 valence electrons. The van der Waals surface area contributed by atoms with Gasteiger partial charge in [-0.1, -0.05) is 48.5 Å². The van der Waals surface area contributed by atoms with Crippen molar-refractivity contribution < 1.29 is 9.59 Å². The molecular weight excluding hydrogens is 350 g/mol. The number of H-pyrrole nitrogens is 1. The summed E-state index contributed by atoms with van der Waals surface area (Å²) in [7, 11) is 1.80. The number of para-hydroxylation sites is 1. The van der Waals surface area contributed by atoms with Gasteiger partial charge in [0.1, 0.15) is 0 Å². The van der Waals surface area contributed by atoms with Crippen molar-refractivity contribution in [3.8, 4) is 0 Å². The van der Waals surface area contributed by atoms with E-state index in [0.717, 1.165) is 17.5 Å². The average molecular weight is 377 g/mol. The SMILES string of the molecule is CC(=O)N(CCC(=O)N(C)Cc1ccccc1)CCc1c[nH]c2ccccc12. The third kappa shape index (κ3) is 5.00. The Morgan fingerprint density at radius 2 is 1.68 bits per heavy atom. The summed E-state index contributed by atoms with van der Waals surface area (Å²) >= 11 is 0. The van der Waals surface area contributed by atoms with E-state index in [1.54, 1.807) is 23.8 Å². The molecule has 0 aliphatic heterocycles. The number of carbonyl (C=O) groups is 2. The number of hydrogen-bond donors (Lipinski definition) is 1. The van der Waals surface area contributed by atoms with Crippen LogP contribution in [0, 0.1) is 0 Å². The summed E-state index contributed by atoms with van der Waals surface area (Å²) in [6, 6.07) is 18.1. The maximum Gasteiger partial charge on any atom is 0.224 e. The lowest BCUT2D eigenvalue weighted by molar-refractivity contribution is -0.133. The van der Waals surface area contributed by atoms with Crippen LogP contribution in [-0.4, -0.2) is 46.7 Å². The summed E-state index contributed by atoms with van der Waals surface area (Å²) in [4.78, 5) is 31.2. The van der Waals surface area contributed by atoms with Gasteiger partial charge in [-0.15, -0.1) is 0 Å². The first-order valence-electron chi connectivity index (χ1n) is 9.63. The van der Waals surface area contributed by atoms with Gasteiger partial charge in [0.05, 0.1) is 0 Å². The predicted octanol–water partition coefficient (Wildman–Crippen LogP) is 3.61. The zero-order valence-corrected chi connectivity index (χ0v) is 16.5. The topological polar surface area (TPSA) is 56.4 Å². The fourth-order valence-corrected chi connectivity index (χ4v) is 3.39. The molecule has 2 aromatic carbocycles. The summed E-state index contributed by atoms with van der Waals surface area (Å²) in [5.74, 6) is 0.0422. The van der Waals surface area contributed by atoms with Gasteiger partial charge in [0.2, 0.25) is 11.8 Å². The first kappa shape index (κ1) is 19.7. The van der Waals surface area contributed by atoms with Crippen LogP contribution in [0.1, 0.15) is 24.5 Å². The lowest BCUT2D eigenvalue weighted by atomic mass is 10.1. The molecule has 0 aliphatic carbocycles. The van der Waals surface area contributed by atoms with Gasteiger partial charge in [-0.05, 0) is 23.6 Å². The molecule has 0 bridgehead atoms. The minimum Gasteiger partial charge on any atom is -0.361 e. The molecule has 1 heterocycles. The number of amides is 2. The number of carbonyl (C=O) groups excluding carboxylic acids is 2. The van der Waals surface area contributed by atoms with Gasteiger partial charge in [-0.3, -0.25) is 9.59 Å². The molecule has 1 N–H and O–H groups in total. The van der Waals surface area contributed by atoms with E-state index in [0.29, 0.717) is 26.1 Å². The molecule has 0 atom stereocenters. The molecule has 0 fully saturated rings. The molecule has 3 aromatic rings. The van der Waals surface area contributed by atoms with Gasteiger partial charge < -0.3 is 14.8 Å². The molecule has 2 amide bonds. The number of aromatic amines is 1. The van der Waals surface area contributed by atoms with Crippen molar-refractivity contribution in [2.75, 3.05) is 20.1 Å². The maximum absolute atomic E-state index is 12.5. The maximum atomic E-state index is 12.5. The Bertz CT molecular complexity index is 933. The van der Waals surface area contributed by atoms with E-state index in [4.69, 9.17) is 0 Å². The van der Waals surface area contributed by atoms with Crippen LogP contribution in [0.25, 0.3) is 10.9 Å². The molecule has 0 unspecified atom stereocenters. The molecular formula is C23H27N3O2. The number of hydrogen-bond acceptors (Lipinski definition) is 2. The largest absolute Gasteiger partial charge is 0.361 e. The highest BCUT2D eigenvalue weighted by Crippen LogP contribution is 2.18. The highest BCUT2D eigenvalue weighted by atomic mass is 16.2. The monoisotopic (exact) mass is 377 g/mol. The fraction of sp³-hybridized carbons (Fsp3) is 0.304. The standard InChI is InChI=1S/C23H27N3O2/c1-18(27)26(14-12-20-16-24-22-11-7-6-10-21(20)22)15-13-23(28)25(2)17-19-8-4-3-5-9-19/h3-11,16,24H,12-15,17H2,1-2H3. The number of fused-ring (bicyclic) bond motifs is 1. The van der Waals surface area contributed by atoms with Crippen molar-refractivity contribution in [1.29, 1.82) is 0 Å². The average Bonchev–Trinajstić information content (AvgIpc) is 3.11. The fourth-order valence-electron chi connectivity index (χ4n) is 3.39. The summed E-state index contributed by atoms with van der Waals surface area (Å²) in [5, 5.41) is 1.18. The van der Waals surface area contributed by atoms with Crippen molar-refractivity contribution >= 4 is 22.7 Å². The van der Waals surface area contributed by atoms with E-state index < -0.39 is 0 Å². The molecule has 1 aromatic heterocycles. The first-order valence-corrected chi connectivity index (χ1v) is 9.63. The summed E-state index contributed by atoms with van der Waals surface area (Å²) in [5.41, 5.74) is 3.39. The van der Waals surface area contributed by atoms with Crippen LogP contribution >= 0.6 is 0 Å². The number of rotatable bonds is 8. The lowest BCUT2D eigenvalue weighted by Crippen LogP contribution is -2.35. The van der Waals surface area contributed by atoms with E-state index in [1.807, 2.05) is 54.7 Å². The quantitative estimate of drug-likeness (QED) is 0.652. The summed E-state index contributed by atoms with van der Waals surface area (Å²) < 4.78 is 0. The molecule has 3 rings (SSSR count). The molecule has 5 nitrogen and oxygen atoms in total. The number of nitrogens with zero attached hydrogens (tertiary/aromatic N) is 2. The second kappa shape index (κ2) is 9.22. The van der Waals surface area contributed by atoms with Gasteiger partial charge in [0, 0.05) is 57.1 Å². The van der Waals surface area contributed by atoms with Crippen molar-refractivity contribution in [2.24, 2.45) is 0 Å². The highest BCUT2D eigenvalue weighted by Gasteiger charge is 2.15. The van der Waals surface area contributed by atoms with E-state index in [2.05, 4.69) is 11.1 Å². The Morgan fingerprint density at radius 1 is 0.964 bits per heavy atom. The Hall–Kier alpha value is -3.08. The Balaban J connectivity index is 1.53. The van der Waals surface area contributed by atoms with Crippen molar-refractivity contribution in [2.45, 2.75) is 26.3 Å². The Kier molecular flexibility index (Phi) is 6.48. The van der Waals surface area contributed by atoms with E-state index in [-0.39, 0.29) is 11.8 Å². The third-order valence-electron chi connectivity index (χ3n) is 5.06. The highest BCUT2D eigenvalue weighted by molar-refractivity contribution is 5.83. The van der Waals surface area contributed by atoms with Crippen LogP contribution < -0.4 is 0 Å². The van der Waals surface area contributed by atoms with Gasteiger partial charge in [0.15, 0.2) is 0 Å².